The van der Waals surface area contributed by atoms with Crippen molar-refractivity contribution >= 4 is 11.8 Å². The predicted octanol–water partition coefficient (Wildman–Crippen LogP) is 1.23. The first kappa shape index (κ1) is 4.41. The molecule has 0 amide bonds. The average molecular weight is 106 g/mol. The largest absolute Gasteiger partial charge is 0.211 e. The molecule has 1 heterocycles. The van der Waals surface area contributed by atoms with Gasteiger partial charge < -0.3 is 0 Å². The molecule has 6 heavy (non-hydrogen) atoms. The van der Waals surface area contributed by atoms with Crippen molar-refractivity contribution in [3.05, 3.63) is 0 Å². The minimum Gasteiger partial charge on any atom is -0.211 e. The van der Waals surface area contributed by atoms with Crippen LogP contribution in [0.25, 0.3) is 0 Å². The minimum atomic E-state index is 0.617. The maximum absolute atomic E-state index is 5.52. The van der Waals surface area contributed by atoms with E-state index in [9.17, 15) is 0 Å². The second kappa shape index (κ2) is 1.11. The summed E-state index contributed by atoms with van der Waals surface area (Å²) in [4.78, 5) is 0. The Morgan fingerprint density at radius 2 is 1.50 bits per heavy atom. The van der Waals surface area contributed by atoms with E-state index in [1.165, 1.54) is 0 Å². The Balaban J connectivity index is 2.31. The van der Waals surface area contributed by atoms with E-state index >= 15 is 0 Å². The Kier molecular flexibility index (Phi) is 0.815. The van der Waals surface area contributed by atoms with Crippen molar-refractivity contribution in [2.45, 2.75) is 25.9 Å². The summed E-state index contributed by atoms with van der Waals surface area (Å²) in [6.45, 7) is 4.22. The highest BCUT2D eigenvalue weighted by atomic mass is 35.5. The van der Waals surface area contributed by atoms with Gasteiger partial charge in [-0.1, -0.05) is 0 Å². The Hall–Kier alpha value is 0.250. The molecule has 0 radical (unpaired) electrons. The smallest absolute Gasteiger partial charge is 0.0393 e. The van der Waals surface area contributed by atoms with Crippen molar-refractivity contribution in [1.82, 2.24) is 4.42 Å². The van der Waals surface area contributed by atoms with E-state index in [1.807, 2.05) is 0 Å². The van der Waals surface area contributed by atoms with E-state index in [0.29, 0.717) is 12.1 Å². The van der Waals surface area contributed by atoms with Crippen LogP contribution in [0.1, 0.15) is 13.8 Å². The fourth-order valence-electron chi connectivity index (χ4n) is 0.459. The molecule has 1 saturated heterocycles. The fourth-order valence-corrected chi connectivity index (χ4v) is 0.735. The van der Waals surface area contributed by atoms with E-state index in [0.717, 1.165) is 0 Å². The Labute approximate surface area is 43.0 Å². The lowest BCUT2D eigenvalue weighted by molar-refractivity contribution is 0.793. The number of hydrogen-bond donors (Lipinski definition) is 0. The van der Waals surface area contributed by atoms with Gasteiger partial charge in [0.15, 0.2) is 0 Å². The first-order chi connectivity index (χ1) is 2.73. The normalized spacial score (nSPS) is 55.5. The molecule has 1 unspecified atom stereocenters. The van der Waals surface area contributed by atoms with Gasteiger partial charge in [-0.2, -0.15) is 0 Å². The van der Waals surface area contributed by atoms with Crippen molar-refractivity contribution in [1.29, 1.82) is 0 Å². The molecule has 1 nitrogen and oxygen atoms in total. The van der Waals surface area contributed by atoms with E-state index in [4.69, 9.17) is 11.8 Å². The summed E-state index contributed by atoms with van der Waals surface area (Å²) >= 11 is 5.52. The molecular formula is C4H8ClN. The highest BCUT2D eigenvalue weighted by molar-refractivity contribution is 6.15. The molecule has 0 spiro atoms. The third-order valence-electron chi connectivity index (χ3n) is 1.39. The van der Waals surface area contributed by atoms with Crippen molar-refractivity contribution in [2.75, 3.05) is 0 Å². The summed E-state index contributed by atoms with van der Waals surface area (Å²) in [5, 5.41) is 0. The zero-order chi connectivity index (χ0) is 4.73. The predicted molar refractivity (Wildman–Crippen MR) is 26.6 cm³/mol. The van der Waals surface area contributed by atoms with Gasteiger partial charge in [0.1, 0.15) is 0 Å². The molecule has 1 aliphatic rings. The van der Waals surface area contributed by atoms with Crippen LogP contribution in [-0.4, -0.2) is 16.5 Å². The molecular weight excluding hydrogens is 97.5 g/mol. The highest BCUT2D eigenvalue weighted by Gasteiger charge is 2.38. The Morgan fingerprint density at radius 3 is 1.50 bits per heavy atom. The van der Waals surface area contributed by atoms with Crippen LogP contribution < -0.4 is 0 Å². The van der Waals surface area contributed by atoms with E-state index in [-0.39, 0.29) is 0 Å². The summed E-state index contributed by atoms with van der Waals surface area (Å²) in [6, 6.07) is 1.23. The lowest BCUT2D eigenvalue weighted by atomic mass is 10.4. The van der Waals surface area contributed by atoms with Gasteiger partial charge in [0.2, 0.25) is 0 Å². The second-order valence-corrected chi connectivity index (χ2v) is 2.22. The molecule has 3 atom stereocenters. The first-order valence-corrected chi connectivity index (χ1v) is 2.51. The number of rotatable bonds is 0. The number of hydrogen-bond acceptors (Lipinski definition) is 1. The molecule has 0 aliphatic carbocycles. The fraction of sp³-hybridized carbons (Fsp3) is 1.00. The minimum absolute atomic E-state index is 0.617. The molecule has 1 fully saturated rings. The molecule has 1 aliphatic heterocycles. The number of nitrogens with zero attached hydrogens (tertiary/aromatic N) is 1. The molecule has 1 rings (SSSR count). The summed E-state index contributed by atoms with van der Waals surface area (Å²) in [7, 11) is 0. The first-order valence-electron chi connectivity index (χ1n) is 2.17. The second-order valence-electron chi connectivity index (χ2n) is 1.83. The van der Waals surface area contributed by atoms with Gasteiger partial charge in [-0.15, -0.1) is 0 Å². The van der Waals surface area contributed by atoms with Crippen LogP contribution in [0, 0.1) is 0 Å². The quantitative estimate of drug-likeness (QED) is 0.331. The molecule has 36 valence electrons. The van der Waals surface area contributed by atoms with Gasteiger partial charge in [-0.05, 0) is 25.6 Å². The summed E-state index contributed by atoms with van der Waals surface area (Å²) in [6.07, 6.45) is 0. The van der Waals surface area contributed by atoms with E-state index in [2.05, 4.69) is 13.8 Å². The van der Waals surface area contributed by atoms with Gasteiger partial charge in [0.25, 0.3) is 0 Å². The van der Waals surface area contributed by atoms with Gasteiger partial charge in [-0.25, -0.2) is 4.42 Å². The van der Waals surface area contributed by atoms with Crippen LogP contribution in [0.2, 0.25) is 0 Å². The summed E-state index contributed by atoms with van der Waals surface area (Å²) in [5.74, 6) is 0. The maximum atomic E-state index is 5.52. The third kappa shape index (κ3) is 0.427. The van der Waals surface area contributed by atoms with Crippen molar-refractivity contribution < 1.29 is 0 Å². The maximum Gasteiger partial charge on any atom is 0.0393 e. The summed E-state index contributed by atoms with van der Waals surface area (Å²) in [5.41, 5.74) is 0. The molecule has 0 N–H and O–H groups in total. The average Bonchev–Trinajstić information content (AvgIpc) is 1.94. The van der Waals surface area contributed by atoms with Gasteiger partial charge in [0, 0.05) is 12.1 Å². The van der Waals surface area contributed by atoms with Crippen LogP contribution >= 0.6 is 11.8 Å². The Bertz CT molecular complexity index is 44.3. The van der Waals surface area contributed by atoms with Crippen LogP contribution in [0.5, 0.6) is 0 Å². The molecule has 0 saturated carbocycles. The van der Waals surface area contributed by atoms with E-state index in [1.54, 1.807) is 4.42 Å². The molecule has 2 heteroatoms. The lowest BCUT2D eigenvalue weighted by Crippen LogP contribution is -1.74. The molecule has 0 aromatic rings. The molecule has 0 bridgehead atoms. The standard InChI is InChI=1S/C4H8ClN/c1-3-4(2)6(3)5/h3-4H,1-2H3/t3-,4+,6?. The Morgan fingerprint density at radius 1 is 1.33 bits per heavy atom. The lowest BCUT2D eigenvalue weighted by Gasteiger charge is -1.72. The van der Waals surface area contributed by atoms with Crippen molar-refractivity contribution in [2.24, 2.45) is 0 Å². The topological polar surface area (TPSA) is 3.01 Å². The summed E-state index contributed by atoms with van der Waals surface area (Å²) < 4.78 is 1.81. The monoisotopic (exact) mass is 105 g/mol. The van der Waals surface area contributed by atoms with Crippen LogP contribution in [0.4, 0.5) is 0 Å². The van der Waals surface area contributed by atoms with Crippen LogP contribution in [0.15, 0.2) is 0 Å². The number of halogens is 1. The van der Waals surface area contributed by atoms with Crippen LogP contribution in [-0.2, 0) is 0 Å². The molecule has 0 aromatic carbocycles. The van der Waals surface area contributed by atoms with E-state index < -0.39 is 0 Å². The molecule has 0 aromatic heterocycles. The SMILES string of the molecule is C[C@@H]1[C@H](C)N1Cl. The highest BCUT2D eigenvalue weighted by Crippen LogP contribution is 2.28. The zero-order valence-electron chi connectivity index (χ0n) is 3.98. The van der Waals surface area contributed by atoms with Gasteiger partial charge in [0.05, 0.1) is 0 Å². The third-order valence-corrected chi connectivity index (χ3v) is 2.00. The van der Waals surface area contributed by atoms with Crippen molar-refractivity contribution in [3.8, 4) is 0 Å². The van der Waals surface area contributed by atoms with Crippen molar-refractivity contribution in [3.63, 3.8) is 0 Å². The van der Waals surface area contributed by atoms with Crippen LogP contribution in [0.3, 0.4) is 0 Å². The zero-order valence-corrected chi connectivity index (χ0v) is 4.74. The van der Waals surface area contributed by atoms with Gasteiger partial charge >= 0.3 is 0 Å². The van der Waals surface area contributed by atoms with Gasteiger partial charge in [-0.3, -0.25) is 0 Å².